The molecule has 2 N–H and O–H groups in total. The van der Waals surface area contributed by atoms with Gasteiger partial charge < -0.3 is 15.2 Å². The lowest BCUT2D eigenvalue weighted by molar-refractivity contribution is -0.131. The Bertz CT molecular complexity index is 681. The Morgan fingerprint density at radius 2 is 2.14 bits per heavy atom. The molecule has 0 aliphatic rings. The number of rotatable bonds is 6. The van der Waals surface area contributed by atoms with Crippen LogP contribution in [-0.2, 0) is 11.3 Å². The molecule has 0 aliphatic carbocycles. The molecule has 0 spiro atoms. The number of nitrogens with zero attached hydrogens (tertiary/aromatic N) is 2. The van der Waals surface area contributed by atoms with Gasteiger partial charge in [0.2, 0.25) is 5.91 Å². The minimum atomic E-state index is -0.172. The number of benzene rings is 1. The summed E-state index contributed by atoms with van der Waals surface area (Å²) in [5, 5.41) is 3.51. The largest absolute Gasteiger partial charge is 0.335 e. The van der Waals surface area contributed by atoms with Crippen LogP contribution in [0.25, 0.3) is 10.9 Å². The van der Waals surface area contributed by atoms with Crippen LogP contribution in [0.3, 0.4) is 0 Å². The van der Waals surface area contributed by atoms with Crippen molar-refractivity contribution >= 4 is 16.8 Å². The first-order chi connectivity index (χ1) is 10.2. The molecule has 6 heteroatoms. The predicted molar refractivity (Wildman–Crippen MR) is 82.0 cm³/mol. The highest BCUT2D eigenvalue weighted by Crippen LogP contribution is 2.07. The van der Waals surface area contributed by atoms with Crippen molar-refractivity contribution in [1.82, 2.24) is 20.2 Å². The topological polar surface area (TPSA) is 78.1 Å². The Labute approximate surface area is 123 Å². The van der Waals surface area contributed by atoms with E-state index in [9.17, 15) is 9.59 Å². The van der Waals surface area contributed by atoms with Gasteiger partial charge in [0.15, 0.2) is 0 Å². The fraction of sp³-hybridized carbons (Fsp3) is 0.400. The smallest absolute Gasteiger partial charge is 0.258 e. The van der Waals surface area contributed by atoms with Crippen molar-refractivity contribution in [2.45, 2.75) is 19.9 Å². The zero-order valence-corrected chi connectivity index (χ0v) is 12.3. The van der Waals surface area contributed by atoms with Gasteiger partial charge in [-0.2, -0.15) is 0 Å². The van der Waals surface area contributed by atoms with E-state index in [0.29, 0.717) is 42.8 Å². The minimum absolute atomic E-state index is 0.0441. The first-order valence-corrected chi connectivity index (χ1v) is 7.06. The van der Waals surface area contributed by atoms with Crippen LogP contribution >= 0.6 is 0 Å². The molecule has 2 rings (SSSR count). The molecule has 1 aromatic carbocycles. The summed E-state index contributed by atoms with van der Waals surface area (Å²) in [4.78, 5) is 32.9. The van der Waals surface area contributed by atoms with Gasteiger partial charge in [0.1, 0.15) is 5.82 Å². The lowest BCUT2D eigenvalue weighted by Gasteiger charge is -2.20. The maximum Gasteiger partial charge on any atom is 0.258 e. The number of hydrogen-bond acceptors (Lipinski definition) is 4. The van der Waals surface area contributed by atoms with Crippen LogP contribution in [0.15, 0.2) is 29.1 Å². The van der Waals surface area contributed by atoms with Gasteiger partial charge in [-0.1, -0.05) is 12.1 Å². The third-order valence-corrected chi connectivity index (χ3v) is 3.33. The number of aromatic nitrogens is 2. The SMILES string of the molecule is CCN(Cc1nc2ccccc2c(=O)[nH]1)C(=O)CCNC. The number of carbonyl (C=O) groups is 1. The average molecular weight is 288 g/mol. The van der Waals surface area contributed by atoms with Crippen molar-refractivity contribution in [3.63, 3.8) is 0 Å². The van der Waals surface area contributed by atoms with E-state index in [0.717, 1.165) is 0 Å². The Balaban J connectivity index is 2.21. The number of amides is 1. The molecule has 1 heterocycles. The number of aromatic amines is 1. The molecule has 0 fully saturated rings. The van der Waals surface area contributed by atoms with E-state index in [2.05, 4.69) is 15.3 Å². The van der Waals surface area contributed by atoms with Gasteiger partial charge in [-0.15, -0.1) is 0 Å². The summed E-state index contributed by atoms with van der Waals surface area (Å²) in [6.07, 6.45) is 0.433. The Kier molecular flexibility index (Phi) is 5.05. The van der Waals surface area contributed by atoms with Crippen LogP contribution in [-0.4, -0.2) is 40.9 Å². The highest BCUT2D eigenvalue weighted by Gasteiger charge is 2.13. The molecule has 0 atom stereocenters. The summed E-state index contributed by atoms with van der Waals surface area (Å²) >= 11 is 0. The average Bonchev–Trinajstić information content (AvgIpc) is 2.50. The zero-order valence-electron chi connectivity index (χ0n) is 12.3. The van der Waals surface area contributed by atoms with Crippen LogP contribution in [0.5, 0.6) is 0 Å². The number of fused-ring (bicyclic) bond motifs is 1. The van der Waals surface area contributed by atoms with Gasteiger partial charge in [0.05, 0.1) is 17.4 Å². The standard InChI is InChI=1S/C15H20N4O2/c1-3-19(14(20)8-9-16-2)10-13-17-12-7-5-4-6-11(12)15(21)18-13/h4-7,16H,3,8-10H2,1-2H3,(H,17,18,21). The van der Waals surface area contributed by atoms with Crippen molar-refractivity contribution < 1.29 is 4.79 Å². The van der Waals surface area contributed by atoms with Gasteiger partial charge in [-0.25, -0.2) is 4.98 Å². The summed E-state index contributed by atoms with van der Waals surface area (Å²) in [5.41, 5.74) is 0.476. The summed E-state index contributed by atoms with van der Waals surface area (Å²) < 4.78 is 0. The fourth-order valence-electron chi connectivity index (χ4n) is 2.16. The van der Waals surface area contributed by atoms with Crippen molar-refractivity contribution in [3.8, 4) is 0 Å². The van der Waals surface area contributed by atoms with Crippen molar-refractivity contribution in [1.29, 1.82) is 0 Å². The number of H-pyrrole nitrogens is 1. The van der Waals surface area contributed by atoms with Crippen LogP contribution in [0.4, 0.5) is 0 Å². The second kappa shape index (κ2) is 6.99. The maximum absolute atomic E-state index is 12.1. The summed E-state index contributed by atoms with van der Waals surface area (Å²) in [5.74, 6) is 0.556. The lowest BCUT2D eigenvalue weighted by atomic mass is 10.2. The van der Waals surface area contributed by atoms with Crippen molar-refractivity contribution in [2.75, 3.05) is 20.1 Å². The summed E-state index contributed by atoms with van der Waals surface area (Å²) in [7, 11) is 1.81. The van der Waals surface area contributed by atoms with E-state index in [1.54, 1.807) is 23.1 Å². The number of para-hydroxylation sites is 1. The molecular weight excluding hydrogens is 268 g/mol. The molecule has 0 radical (unpaired) electrons. The van der Waals surface area contributed by atoms with Crippen LogP contribution < -0.4 is 10.9 Å². The summed E-state index contributed by atoms with van der Waals surface area (Å²) in [6, 6.07) is 7.18. The van der Waals surface area contributed by atoms with Gasteiger partial charge in [0, 0.05) is 19.5 Å². The summed E-state index contributed by atoms with van der Waals surface area (Å²) in [6.45, 7) is 3.45. The molecule has 21 heavy (non-hydrogen) atoms. The molecule has 0 saturated heterocycles. The third-order valence-electron chi connectivity index (χ3n) is 3.33. The maximum atomic E-state index is 12.1. The molecule has 0 saturated carbocycles. The van der Waals surface area contributed by atoms with E-state index >= 15 is 0 Å². The lowest BCUT2D eigenvalue weighted by Crippen LogP contribution is -2.33. The first kappa shape index (κ1) is 15.2. The highest BCUT2D eigenvalue weighted by atomic mass is 16.2. The molecule has 0 bridgehead atoms. The molecule has 1 aromatic heterocycles. The van der Waals surface area contributed by atoms with Crippen LogP contribution in [0, 0.1) is 0 Å². The number of carbonyl (C=O) groups excluding carboxylic acids is 1. The second-order valence-corrected chi connectivity index (χ2v) is 4.79. The fourth-order valence-corrected chi connectivity index (χ4v) is 2.16. The van der Waals surface area contributed by atoms with Gasteiger partial charge in [0.25, 0.3) is 5.56 Å². The molecule has 6 nitrogen and oxygen atoms in total. The molecular formula is C15H20N4O2. The minimum Gasteiger partial charge on any atom is -0.335 e. The van der Waals surface area contributed by atoms with Gasteiger partial charge >= 0.3 is 0 Å². The molecule has 0 aliphatic heterocycles. The second-order valence-electron chi connectivity index (χ2n) is 4.79. The van der Waals surface area contributed by atoms with E-state index in [-0.39, 0.29) is 11.5 Å². The quantitative estimate of drug-likeness (QED) is 0.827. The van der Waals surface area contributed by atoms with E-state index in [1.165, 1.54) is 0 Å². The Hall–Kier alpha value is -2.21. The number of hydrogen-bond donors (Lipinski definition) is 2. The molecule has 2 aromatic rings. The molecule has 1 amide bonds. The van der Waals surface area contributed by atoms with Gasteiger partial charge in [-0.05, 0) is 26.1 Å². The first-order valence-electron chi connectivity index (χ1n) is 7.06. The third kappa shape index (κ3) is 3.66. The Morgan fingerprint density at radius 3 is 2.86 bits per heavy atom. The number of nitrogens with one attached hydrogen (secondary N) is 2. The molecule has 112 valence electrons. The van der Waals surface area contributed by atoms with Crippen LogP contribution in [0.2, 0.25) is 0 Å². The zero-order chi connectivity index (χ0) is 15.2. The van der Waals surface area contributed by atoms with Crippen molar-refractivity contribution in [2.24, 2.45) is 0 Å². The monoisotopic (exact) mass is 288 g/mol. The van der Waals surface area contributed by atoms with Gasteiger partial charge in [-0.3, -0.25) is 9.59 Å². The highest BCUT2D eigenvalue weighted by molar-refractivity contribution is 5.78. The van der Waals surface area contributed by atoms with Crippen LogP contribution in [0.1, 0.15) is 19.2 Å². The predicted octanol–water partition coefficient (Wildman–Crippen LogP) is 0.881. The Morgan fingerprint density at radius 1 is 1.38 bits per heavy atom. The van der Waals surface area contributed by atoms with E-state index < -0.39 is 0 Å². The van der Waals surface area contributed by atoms with E-state index in [4.69, 9.17) is 0 Å². The normalized spacial score (nSPS) is 10.8. The molecule has 0 unspecified atom stereocenters. The van der Waals surface area contributed by atoms with E-state index in [1.807, 2.05) is 20.0 Å². The van der Waals surface area contributed by atoms with Crippen molar-refractivity contribution in [3.05, 3.63) is 40.4 Å².